The highest BCUT2D eigenvalue weighted by atomic mass is 19.1. The molecule has 2 unspecified atom stereocenters. The number of hydrogen-bond donors (Lipinski definition) is 1. The minimum Gasteiger partial charge on any atom is -0.365 e. The fourth-order valence-corrected chi connectivity index (χ4v) is 2.94. The second-order valence-corrected chi connectivity index (χ2v) is 6.66. The Morgan fingerprint density at radius 1 is 1.20 bits per heavy atom. The van der Waals surface area contributed by atoms with E-state index >= 15 is 0 Å². The minimum atomic E-state index is -0.120. The van der Waals surface area contributed by atoms with Gasteiger partial charge in [-0.25, -0.2) is 4.39 Å². The van der Waals surface area contributed by atoms with Gasteiger partial charge < -0.3 is 10.2 Å². The summed E-state index contributed by atoms with van der Waals surface area (Å²) in [6.07, 6.45) is 0. The Labute approximate surface area is 122 Å². The molecule has 2 rings (SSSR count). The van der Waals surface area contributed by atoms with E-state index in [1.807, 2.05) is 19.1 Å². The predicted molar refractivity (Wildman–Crippen MR) is 83.7 cm³/mol. The second kappa shape index (κ2) is 6.13. The smallest absolute Gasteiger partial charge is 0.126 e. The van der Waals surface area contributed by atoms with Crippen molar-refractivity contribution in [3.05, 3.63) is 29.6 Å². The molecule has 20 heavy (non-hydrogen) atoms. The van der Waals surface area contributed by atoms with Gasteiger partial charge in [0.15, 0.2) is 0 Å². The van der Waals surface area contributed by atoms with Gasteiger partial charge in [-0.1, -0.05) is 27.7 Å². The quantitative estimate of drug-likeness (QED) is 0.909. The van der Waals surface area contributed by atoms with E-state index in [-0.39, 0.29) is 5.82 Å². The van der Waals surface area contributed by atoms with E-state index in [4.69, 9.17) is 0 Å². The van der Waals surface area contributed by atoms with Crippen molar-refractivity contribution in [3.8, 4) is 0 Å². The molecule has 0 aromatic heterocycles. The number of nitrogens with zero attached hydrogens (tertiary/aromatic N) is 1. The summed E-state index contributed by atoms with van der Waals surface area (Å²) in [5.41, 5.74) is 1.87. The third kappa shape index (κ3) is 3.14. The standard InChI is InChI=1S/C17H27FN2/c1-11(2)16-10-20(17(9-19-16)12(3)4)14-6-7-15(18)13(5)8-14/h6-8,11-12,16-17,19H,9-10H2,1-5H3. The summed E-state index contributed by atoms with van der Waals surface area (Å²) in [4.78, 5) is 2.46. The van der Waals surface area contributed by atoms with Crippen LogP contribution < -0.4 is 10.2 Å². The van der Waals surface area contributed by atoms with Crippen molar-refractivity contribution in [2.45, 2.75) is 46.7 Å². The molecule has 1 aromatic carbocycles. The van der Waals surface area contributed by atoms with Crippen LogP contribution in [0.1, 0.15) is 33.3 Å². The zero-order valence-electron chi connectivity index (χ0n) is 13.3. The maximum absolute atomic E-state index is 13.5. The van der Waals surface area contributed by atoms with Crippen LogP contribution in [0.3, 0.4) is 0 Å². The normalized spacial score (nSPS) is 23.7. The molecule has 2 atom stereocenters. The SMILES string of the molecule is Cc1cc(N2CC(C(C)C)NCC2C(C)C)ccc1F. The number of piperazine rings is 1. The fraction of sp³-hybridized carbons (Fsp3) is 0.647. The molecule has 1 aliphatic rings. The lowest BCUT2D eigenvalue weighted by atomic mass is 9.93. The summed E-state index contributed by atoms with van der Waals surface area (Å²) >= 11 is 0. The fourth-order valence-electron chi connectivity index (χ4n) is 2.94. The van der Waals surface area contributed by atoms with Crippen molar-refractivity contribution < 1.29 is 4.39 Å². The highest BCUT2D eigenvalue weighted by Gasteiger charge is 2.31. The lowest BCUT2D eigenvalue weighted by Gasteiger charge is -2.45. The molecule has 0 radical (unpaired) electrons. The van der Waals surface area contributed by atoms with Gasteiger partial charge in [-0.2, -0.15) is 0 Å². The predicted octanol–water partition coefficient (Wildman–Crippen LogP) is 3.59. The maximum Gasteiger partial charge on any atom is 0.126 e. The van der Waals surface area contributed by atoms with Gasteiger partial charge in [0.25, 0.3) is 0 Å². The van der Waals surface area contributed by atoms with Gasteiger partial charge in [0.05, 0.1) is 0 Å². The number of halogens is 1. The van der Waals surface area contributed by atoms with Crippen LogP contribution in [0.5, 0.6) is 0 Å². The molecule has 1 heterocycles. The van der Waals surface area contributed by atoms with Gasteiger partial charge in [0.1, 0.15) is 5.82 Å². The molecule has 2 nitrogen and oxygen atoms in total. The van der Waals surface area contributed by atoms with Crippen molar-refractivity contribution >= 4 is 5.69 Å². The molecule has 3 heteroatoms. The first kappa shape index (κ1) is 15.3. The highest BCUT2D eigenvalue weighted by molar-refractivity contribution is 5.50. The average Bonchev–Trinajstić information content (AvgIpc) is 2.41. The van der Waals surface area contributed by atoms with Crippen molar-refractivity contribution in [1.29, 1.82) is 0 Å². The van der Waals surface area contributed by atoms with Crippen LogP contribution in [0.15, 0.2) is 18.2 Å². The zero-order valence-corrected chi connectivity index (χ0v) is 13.3. The Hall–Kier alpha value is -1.09. The first-order valence-electron chi connectivity index (χ1n) is 7.66. The molecule has 0 amide bonds. The topological polar surface area (TPSA) is 15.3 Å². The molecule has 1 fully saturated rings. The average molecular weight is 278 g/mol. The number of aryl methyl sites for hydroxylation is 1. The van der Waals surface area contributed by atoms with Gasteiger partial charge in [0.2, 0.25) is 0 Å². The molecule has 1 aromatic rings. The van der Waals surface area contributed by atoms with Crippen molar-refractivity contribution in [2.24, 2.45) is 11.8 Å². The Morgan fingerprint density at radius 2 is 1.90 bits per heavy atom. The van der Waals surface area contributed by atoms with E-state index in [0.717, 1.165) is 24.3 Å². The van der Waals surface area contributed by atoms with E-state index in [9.17, 15) is 4.39 Å². The molecular weight excluding hydrogens is 251 g/mol. The Bertz CT molecular complexity index is 456. The number of anilines is 1. The van der Waals surface area contributed by atoms with E-state index in [0.29, 0.717) is 23.9 Å². The van der Waals surface area contributed by atoms with Crippen LogP contribution in [0, 0.1) is 24.6 Å². The first-order valence-corrected chi connectivity index (χ1v) is 7.66. The Balaban J connectivity index is 2.28. The molecule has 0 saturated carbocycles. The minimum absolute atomic E-state index is 0.120. The van der Waals surface area contributed by atoms with Gasteiger partial charge >= 0.3 is 0 Å². The number of benzene rings is 1. The van der Waals surface area contributed by atoms with E-state index < -0.39 is 0 Å². The van der Waals surface area contributed by atoms with E-state index in [2.05, 4.69) is 37.9 Å². The summed E-state index contributed by atoms with van der Waals surface area (Å²) in [5.74, 6) is 1.05. The molecule has 1 saturated heterocycles. The summed E-state index contributed by atoms with van der Waals surface area (Å²) in [5, 5.41) is 3.66. The highest BCUT2D eigenvalue weighted by Crippen LogP contribution is 2.26. The van der Waals surface area contributed by atoms with Crippen molar-refractivity contribution in [3.63, 3.8) is 0 Å². The summed E-state index contributed by atoms with van der Waals surface area (Å²) in [7, 11) is 0. The summed E-state index contributed by atoms with van der Waals surface area (Å²) in [6.45, 7) is 12.8. The Morgan fingerprint density at radius 3 is 2.45 bits per heavy atom. The van der Waals surface area contributed by atoms with Crippen LogP contribution in [0.25, 0.3) is 0 Å². The largest absolute Gasteiger partial charge is 0.365 e. The van der Waals surface area contributed by atoms with Crippen LogP contribution in [0.2, 0.25) is 0 Å². The van der Waals surface area contributed by atoms with Crippen LogP contribution in [-0.4, -0.2) is 25.2 Å². The zero-order chi connectivity index (χ0) is 14.9. The molecule has 1 N–H and O–H groups in total. The van der Waals surface area contributed by atoms with Crippen LogP contribution >= 0.6 is 0 Å². The first-order chi connectivity index (χ1) is 9.40. The maximum atomic E-state index is 13.5. The van der Waals surface area contributed by atoms with Gasteiger partial charge in [-0.3, -0.25) is 0 Å². The number of nitrogens with one attached hydrogen (secondary N) is 1. The van der Waals surface area contributed by atoms with Gasteiger partial charge in [-0.05, 0) is 42.5 Å². The Kier molecular flexibility index (Phi) is 4.69. The molecule has 0 spiro atoms. The monoisotopic (exact) mass is 278 g/mol. The number of hydrogen-bond acceptors (Lipinski definition) is 2. The second-order valence-electron chi connectivity index (χ2n) is 6.66. The van der Waals surface area contributed by atoms with Gasteiger partial charge in [0, 0.05) is 30.9 Å². The molecule has 112 valence electrons. The van der Waals surface area contributed by atoms with Crippen LogP contribution in [-0.2, 0) is 0 Å². The summed E-state index contributed by atoms with van der Waals surface area (Å²) < 4.78 is 13.5. The number of rotatable bonds is 3. The van der Waals surface area contributed by atoms with Crippen LogP contribution in [0.4, 0.5) is 10.1 Å². The molecule has 0 aliphatic carbocycles. The van der Waals surface area contributed by atoms with Crippen molar-refractivity contribution in [2.75, 3.05) is 18.0 Å². The van der Waals surface area contributed by atoms with Crippen molar-refractivity contribution in [1.82, 2.24) is 5.32 Å². The van der Waals surface area contributed by atoms with Gasteiger partial charge in [-0.15, -0.1) is 0 Å². The summed E-state index contributed by atoms with van der Waals surface area (Å²) in [6, 6.07) is 6.45. The lowest BCUT2D eigenvalue weighted by molar-refractivity contribution is 0.295. The van der Waals surface area contributed by atoms with E-state index in [1.165, 1.54) is 0 Å². The molecule has 0 bridgehead atoms. The third-order valence-corrected chi connectivity index (χ3v) is 4.43. The van der Waals surface area contributed by atoms with E-state index in [1.54, 1.807) is 6.07 Å². The molecule has 1 aliphatic heterocycles. The third-order valence-electron chi connectivity index (χ3n) is 4.43. The lowest BCUT2D eigenvalue weighted by Crippen LogP contribution is -2.60. The molecular formula is C17H27FN2.